The predicted octanol–water partition coefficient (Wildman–Crippen LogP) is 2.37. The number of rotatable bonds is 4. The van der Waals surface area contributed by atoms with Gasteiger partial charge in [0, 0.05) is 30.3 Å². The molecule has 0 radical (unpaired) electrons. The number of hydrogen-bond acceptors (Lipinski definition) is 3. The van der Waals surface area contributed by atoms with Gasteiger partial charge in [0.05, 0.1) is 5.60 Å². The lowest BCUT2D eigenvalue weighted by molar-refractivity contribution is 0.0696. The highest BCUT2D eigenvalue weighted by molar-refractivity contribution is 7.99. The molecule has 1 aliphatic heterocycles. The molecule has 0 amide bonds. The van der Waals surface area contributed by atoms with E-state index in [2.05, 4.69) is 4.90 Å². The normalized spacial score (nSPS) is 25.4. The molecule has 94 valence electrons. The van der Waals surface area contributed by atoms with Crippen molar-refractivity contribution >= 4 is 11.8 Å². The van der Waals surface area contributed by atoms with Gasteiger partial charge < -0.3 is 5.11 Å². The summed E-state index contributed by atoms with van der Waals surface area (Å²) in [6.07, 6.45) is 0.855. The number of β-amino-alcohol motifs (C(OH)–C–C–N with tert-alkyl or cyclic N) is 1. The van der Waals surface area contributed by atoms with E-state index in [0.717, 1.165) is 36.7 Å². The molecule has 1 heterocycles. The smallest absolute Gasteiger partial charge is 0.123 e. The Morgan fingerprint density at radius 3 is 2.71 bits per heavy atom. The first-order valence-electron chi connectivity index (χ1n) is 5.88. The fourth-order valence-corrected chi connectivity index (χ4v) is 2.97. The standard InChI is InChI=1S/C13H18FNOS/c1-13(16)6-7-15(10-13)8-9-17-12-4-2-11(14)3-5-12/h2-5,16H,6-10H2,1H3. The van der Waals surface area contributed by atoms with Crippen LogP contribution in [-0.2, 0) is 0 Å². The van der Waals surface area contributed by atoms with Gasteiger partial charge >= 0.3 is 0 Å². The van der Waals surface area contributed by atoms with Crippen molar-refractivity contribution in [1.29, 1.82) is 0 Å². The third-order valence-electron chi connectivity index (χ3n) is 3.02. The largest absolute Gasteiger partial charge is 0.389 e. The Balaban J connectivity index is 1.71. The molecule has 4 heteroatoms. The summed E-state index contributed by atoms with van der Waals surface area (Å²) in [4.78, 5) is 3.37. The quantitative estimate of drug-likeness (QED) is 0.836. The molecule has 0 spiro atoms. The molecule has 17 heavy (non-hydrogen) atoms. The van der Waals surface area contributed by atoms with Gasteiger partial charge in [0.2, 0.25) is 0 Å². The Hall–Kier alpha value is -0.580. The Labute approximate surface area is 106 Å². The van der Waals surface area contributed by atoms with Crippen LogP contribution in [0.25, 0.3) is 0 Å². The average Bonchev–Trinajstić information content (AvgIpc) is 2.61. The fourth-order valence-electron chi connectivity index (χ4n) is 2.05. The Morgan fingerprint density at radius 1 is 1.41 bits per heavy atom. The van der Waals surface area contributed by atoms with E-state index in [4.69, 9.17) is 0 Å². The first-order chi connectivity index (χ1) is 8.05. The van der Waals surface area contributed by atoms with E-state index in [9.17, 15) is 9.50 Å². The van der Waals surface area contributed by atoms with Crippen LogP contribution in [0.1, 0.15) is 13.3 Å². The number of thioether (sulfide) groups is 1. The summed E-state index contributed by atoms with van der Waals surface area (Å²) in [6, 6.07) is 6.59. The maximum absolute atomic E-state index is 12.7. The second kappa shape index (κ2) is 5.38. The van der Waals surface area contributed by atoms with Crippen LogP contribution in [0.15, 0.2) is 29.2 Å². The first-order valence-corrected chi connectivity index (χ1v) is 6.87. The van der Waals surface area contributed by atoms with E-state index < -0.39 is 5.60 Å². The van der Waals surface area contributed by atoms with Crippen LogP contribution in [-0.4, -0.2) is 41.0 Å². The lowest BCUT2D eigenvalue weighted by Crippen LogP contribution is -2.30. The van der Waals surface area contributed by atoms with Crippen molar-refractivity contribution in [3.8, 4) is 0 Å². The van der Waals surface area contributed by atoms with Gasteiger partial charge in [0.1, 0.15) is 5.82 Å². The molecular weight excluding hydrogens is 237 g/mol. The van der Waals surface area contributed by atoms with E-state index >= 15 is 0 Å². The van der Waals surface area contributed by atoms with Gasteiger partial charge in [-0.15, -0.1) is 11.8 Å². The summed E-state index contributed by atoms with van der Waals surface area (Å²) in [6.45, 7) is 4.59. The number of nitrogens with zero attached hydrogens (tertiary/aromatic N) is 1. The van der Waals surface area contributed by atoms with E-state index in [1.54, 1.807) is 23.9 Å². The highest BCUT2D eigenvalue weighted by Gasteiger charge is 2.30. The summed E-state index contributed by atoms with van der Waals surface area (Å²) >= 11 is 1.73. The number of hydrogen-bond donors (Lipinski definition) is 1. The summed E-state index contributed by atoms with van der Waals surface area (Å²) in [7, 11) is 0. The SMILES string of the molecule is CC1(O)CCN(CCSc2ccc(F)cc2)C1. The van der Waals surface area contributed by atoms with Crippen molar-refractivity contribution < 1.29 is 9.50 Å². The van der Waals surface area contributed by atoms with Crippen molar-refractivity contribution in [2.75, 3.05) is 25.4 Å². The Bertz CT molecular complexity index is 366. The van der Waals surface area contributed by atoms with Crippen LogP contribution in [0.5, 0.6) is 0 Å². The molecule has 1 fully saturated rings. The minimum Gasteiger partial charge on any atom is -0.389 e. The highest BCUT2D eigenvalue weighted by Crippen LogP contribution is 2.22. The molecular formula is C13H18FNOS. The van der Waals surface area contributed by atoms with Crippen LogP contribution in [0.4, 0.5) is 4.39 Å². The number of benzene rings is 1. The Kier molecular flexibility index (Phi) is 4.07. The zero-order valence-corrected chi connectivity index (χ0v) is 10.8. The molecule has 2 rings (SSSR count). The van der Waals surface area contributed by atoms with Gasteiger partial charge in [-0.2, -0.15) is 0 Å². The summed E-state index contributed by atoms with van der Waals surface area (Å²) in [5.41, 5.74) is -0.513. The highest BCUT2D eigenvalue weighted by atomic mass is 32.2. The number of halogens is 1. The van der Waals surface area contributed by atoms with E-state index in [-0.39, 0.29) is 5.82 Å². The second-order valence-electron chi connectivity index (χ2n) is 4.83. The van der Waals surface area contributed by atoms with Crippen molar-refractivity contribution in [2.24, 2.45) is 0 Å². The van der Waals surface area contributed by atoms with Crippen molar-refractivity contribution in [2.45, 2.75) is 23.8 Å². The molecule has 1 aromatic carbocycles. The summed E-state index contributed by atoms with van der Waals surface area (Å²) in [5, 5.41) is 9.82. The molecule has 0 bridgehead atoms. The van der Waals surface area contributed by atoms with Gasteiger partial charge in [-0.3, -0.25) is 4.90 Å². The van der Waals surface area contributed by atoms with Gasteiger partial charge in [-0.1, -0.05) is 0 Å². The average molecular weight is 255 g/mol. The van der Waals surface area contributed by atoms with Crippen molar-refractivity contribution in [3.05, 3.63) is 30.1 Å². The minimum absolute atomic E-state index is 0.190. The zero-order chi connectivity index (χ0) is 12.3. The molecule has 1 unspecified atom stereocenters. The Morgan fingerprint density at radius 2 is 2.12 bits per heavy atom. The summed E-state index contributed by atoms with van der Waals surface area (Å²) < 4.78 is 12.7. The molecule has 0 aliphatic carbocycles. The molecule has 1 aromatic rings. The van der Waals surface area contributed by atoms with Crippen molar-refractivity contribution in [1.82, 2.24) is 4.90 Å². The van der Waals surface area contributed by atoms with E-state index in [0.29, 0.717) is 0 Å². The molecule has 1 aliphatic rings. The second-order valence-corrected chi connectivity index (χ2v) is 5.99. The van der Waals surface area contributed by atoms with Crippen LogP contribution >= 0.6 is 11.8 Å². The molecule has 2 nitrogen and oxygen atoms in total. The molecule has 1 saturated heterocycles. The summed E-state index contributed by atoms with van der Waals surface area (Å²) in [5.74, 6) is 0.784. The van der Waals surface area contributed by atoms with Gasteiger partial charge in [0.15, 0.2) is 0 Å². The van der Waals surface area contributed by atoms with Gasteiger partial charge in [0.25, 0.3) is 0 Å². The third-order valence-corrected chi connectivity index (χ3v) is 4.01. The van der Waals surface area contributed by atoms with Crippen molar-refractivity contribution in [3.63, 3.8) is 0 Å². The number of aliphatic hydroxyl groups is 1. The minimum atomic E-state index is -0.513. The van der Waals surface area contributed by atoms with Gasteiger partial charge in [-0.05, 0) is 37.6 Å². The van der Waals surface area contributed by atoms with Gasteiger partial charge in [-0.25, -0.2) is 4.39 Å². The molecule has 0 saturated carbocycles. The maximum Gasteiger partial charge on any atom is 0.123 e. The third kappa shape index (κ3) is 3.98. The molecule has 1 atom stereocenters. The van der Waals surface area contributed by atoms with Crippen LogP contribution in [0, 0.1) is 5.82 Å². The fraction of sp³-hybridized carbons (Fsp3) is 0.538. The predicted molar refractivity (Wildman–Crippen MR) is 68.8 cm³/mol. The maximum atomic E-state index is 12.7. The van der Waals surface area contributed by atoms with Crippen LogP contribution in [0.3, 0.4) is 0 Å². The van der Waals surface area contributed by atoms with Crippen LogP contribution in [0.2, 0.25) is 0 Å². The van der Waals surface area contributed by atoms with E-state index in [1.165, 1.54) is 12.1 Å². The lowest BCUT2D eigenvalue weighted by atomic mass is 10.1. The number of likely N-dealkylation sites (tertiary alicyclic amines) is 1. The van der Waals surface area contributed by atoms with E-state index in [1.807, 2.05) is 6.92 Å². The molecule has 0 aromatic heterocycles. The molecule has 1 N–H and O–H groups in total. The zero-order valence-electron chi connectivity index (χ0n) is 10.0. The van der Waals surface area contributed by atoms with Crippen LogP contribution < -0.4 is 0 Å². The monoisotopic (exact) mass is 255 g/mol. The topological polar surface area (TPSA) is 23.5 Å². The lowest BCUT2D eigenvalue weighted by Gasteiger charge is -2.18. The first kappa shape index (κ1) is 12.9.